The molecule has 78 valence electrons. The van der Waals surface area contributed by atoms with Gasteiger partial charge in [0.2, 0.25) is 10.0 Å². The molecule has 3 nitrogen and oxygen atoms in total. The summed E-state index contributed by atoms with van der Waals surface area (Å²) in [6, 6.07) is 3.78. The second-order valence-corrected chi connectivity index (χ2v) is 5.62. The summed E-state index contributed by atoms with van der Waals surface area (Å²) in [5, 5.41) is -0.540. The average molecular weight is 303 g/mol. The van der Waals surface area contributed by atoms with Crippen molar-refractivity contribution >= 4 is 43.2 Å². The first-order chi connectivity index (χ1) is 6.44. The van der Waals surface area contributed by atoms with Gasteiger partial charge in [0.25, 0.3) is 0 Å². The van der Waals surface area contributed by atoms with E-state index >= 15 is 0 Å². The van der Waals surface area contributed by atoms with Crippen molar-refractivity contribution in [2.75, 3.05) is 9.93 Å². The number of sulfonamides is 1. The van der Waals surface area contributed by atoms with Gasteiger partial charge in [0.05, 0.1) is 4.47 Å². The van der Waals surface area contributed by atoms with Crippen LogP contribution in [0.4, 0.5) is 10.1 Å². The van der Waals surface area contributed by atoms with E-state index in [2.05, 4.69) is 20.7 Å². The van der Waals surface area contributed by atoms with Crippen LogP contribution in [-0.4, -0.2) is 13.6 Å². The normalized spacial score (nSPS) is 11.4. The molecule has 0 atom stereocenters. The van der Waals surface area contributed by atoms with Crippen LogP contribution in [0.1, 0.15) is 0 Å². The van der Waals surface area contributed by atoms with Crippen LogP contribution in [0.15, 0.2) is 22.7 Å². The molecule has 0 unspecified atom stereocenters. The molecule has 0 amide bonds. The molecule has 0 aliphatic rings. The van der Waals surface area contributed by atoms with Crippen LogP contribution in [0.3, 0.4) is 0 Å². The molecule has 0 aliphatic carbocycles. The molecule has 1 N–H and O–H groups in total. The minimum atomic E-state index is -3.53. The van der Waals surface area contributed by atoms with Gasteiger partial charge in [-0.25, -0.2) is 12.8 Å². The number of halogens is 3. The minimum absolute atomic E-state index is 0.187. The van der Waals surface area contributed by atoms with E-state index in [0.717, 1.165) is 6.07 Å². The third kappa shape index (κ3) is 3.11. The maximum atomic E-state index is 12.8. The molecule has 0 bridgehead atoms. The summed E-state index contributed by atoms with van der Waals surface area (Å²) in [5.74, 6) is -0.459. The molecule has 0 aliphatic heterocycles. The maximum Gasteiger partial charge on any atom is 0.246 e. The molecule has 0 spiro atoms. The van der Waals surface area contributed by atoms with E-state index in [9.17, 15) is 12.8 Å². The van der Waals surface area contributed by atoms with Crippen molar-refractivity contribution < 1.29 is 12.8 Å². The maximum absolute atomic E-state index is 12.8. The highest BCUT2D eigenvalue weighted by molar-refractivity contribution is 9.10. The van der Waals surface area contributed by atoms with E-state index in [1.807, 2.05) is 0 Å². The molecule has 1 aromatic rings. The molecule has 0 aromatic heterocycles. The van der Waals surface area contributed by atoms with Crippen molar-refractivity contribution in [1.29, 1.82) is 0 Å². The van der Waals surface area contributed by atoms with E-state index in [0.29, 0.717) is 0 Å². The first-order valence-electron chi connectivity index (χ1n) is 3.46. The standard InChI is InChI=1S/C7H6BrClFNO2S/c8-6-3-5(1-2-7(6)10)11-14(12,13)4-9/h1-3,11H,4H2. The van der Waals surface area contributed by atoms with Gasteiger partial charge in [-0.3, -0.25) is 4.72 Å². The topological polar surface area (TPSA) is 46.2 Å². The second kappa shape index (κ2) is 4.46. The molecule has 0 fully saturated rings. The lowest BCUT2D eigenvalue weighted by atomic mass is 10.3. The van der Waals surface area contributed by atoms with Gasteiger partial charge in [-0.15, -0.1) is 11.6 Å². The third-order valence-electron chi connectivity index (χ3n) is 1.34. The molecule has 0 saturated carbocycles. The largest absolute Gasteiger partial charge is 0.283 e. The molecule has 1 rings (SSSR count). The van der Waals surface area contributed by atoms with Gasteiger partial charge < -0.3 is 0 Å². The number of benzene rings is 1. The summed E-state index contributed by atoms with van der Waals surface area (Å²) < 4.78 is 37.2. The monoisotopic (exact) mass is 301 g/mol. The second-order valence-electron chi connectivity index (χ2n) is 2.45. The highest BCUT2D eigenvalue weighted by atomic mass is 79.9. The van der Waals surface area contributed by atoms with Crippen LogP contribution in [-0.2, 0) is 10.0 Å². The quantitative estimate of drug-likeness (QED) is 0.872. The van der Waals surface area contributed by atoms with Crippen LogP contribution in [0.25, 0.3) is 0 Å². The number of nitrogens with one attached hydrogen (secondary N) is 1. The van der Waals surface area contributed by atoms with Crippen molar-refractivity contribution in [3.05, 3.63) is 28.5 Å². The lowest BCUT2D eigenvalue weighted by molar-refractivity contribution is 0.605. The summed E-state index contributed by atoms with van der Waals surface area (Å²) in [5.41, 5.74) is 0.263. The van der Waals surface area contributed by atoms with Crippen LogP contribution >= 0.6 is 27.5 Å². The van der Waals surface area contributed by atoms with Gasteiger partial charge >= 0.3 is 0 Å². The first kappa shape index (κ1) is 11.7. The zero-order valence-corrected chi connectivity index (χ0v) is 9.96. The lowest BCUT2D eigenvalue weighted by Gasteiger charge is -2.05. The van der Waals surface area contributed by atoms with E-state index in [1.165, 1.54) is 12.1 Å². The molecule has 0 heterocycles. The summed E-state index contributed by atoms with van der Waals surface area (Å²) >= 11 is 8.11. The summed E-state index contributed by atoms with van der Waals surface area (Å²) in [6.07, 6.45) is 0. The van der Waals surface area contributed by atoms with Gasteiger partial charge in [-0.1, -0.05) is 0 Å². The highest BCUT2D eigenvalue weighted by Gasteiger charge is 2.08. The molecule has 1 aromatic carbocycles. The van der Waals surface area contributed by atoms with E-state index in [-0.39, 0.29) is 10.2 Å². The zero-order chi connectivity index (χ0) is 10.8. The first-order valence-corrected chi connectivity index (χ1v) is 6.44. The van der Waals surface area contributed by atoms with Gasteiger partial charge in [-0.05, 0) is 34.1 Å². The fourth-order valence-electron chi connectivity index (χ4n) is 0.766. The van der Waals surface area contributed by atoms with Crippen LogP contribution in [0.5, 0.6) is 0 Å². The van der Waals surface area contributed by atoms with E-state index in [4.69, 9.17) is 11.6 Å². The Kier molecular flexibility index (Phi) is 3.74. The highest BCUT2D eigenvalue weighted by Crippen LogP contribution is 2.20. The summed E-state index contributed by atoms with van der Waals surface area (Å²) in [4.78, 5) is 0. The van der Waals surface area contributed by atoms with Crippen molar-refractivity contribution in [1.82, 2.24) is 0 Å². The Morgan fingerprint density at radius 2 is 2.14 bits per heavy atom. The van der Waals surface area contributed by atoms with Gasteiger partial charge in [-0.2, -0.15) is 0 Å². The number of anilines is 1. The number of hydrogen-bond acceptors (Lipinski definition) is 2. The molecule has 14 heavy (non-hydrogen) atoms. The molecule has 0 radical (unpaired) electrons. The summed E-state index contributed by atoms with van der Waals surface area (Å²) in [7, 11) is -3.53. The predicted octanol–water partition coefficient (Wildman–Crippen LogP) is 2.53. The zero-order valence-electron chi connectivity index (χ0n) is 6.80. The fraction of sp³-hybridized carbons (Fsp3) is 0.143. The minimum Gasteiger partial charge on any atom is -0.283 e. The van der Waals surface area contributed by atoms with E-state index < -0.39 is 21.1 Å². The summed E-state index contributed by atoms with van der Waals surface area (Å²) in [6.45, 7) is 0. The Morgan fingerprint density at radius 3 is 2.64 bits per heavy atom. The van der Waals surface area contributed by atoms with Gasteiger partial charge in [0.1, 0.15) is 11.0 Å². The van der Waals surface area contributed by atoms with Gasteiger partial charge in [0.15, 0.2) is 0 Å². The Bertz CT molecular complexity index is 437. The lowest BCUT2D eigenvalue weighted by Crippen LogP contribution is -2.13. The number of alkyl halides is 1. The van der Waals surface area contributed by atoms with Crippen molar-refractivity contribution in [3.8, 4) is 0 Å². The van der Waals surface area contributed by atoms with Crippen LogP contribution < -0.4 is 4.72 Å². The molecule has 0 saturated heterocycles. The third-order valence-corrected chi connectivity index (χ3v) is 3.64. The molecular formula is C7H6BrClFNO2S. The van der Waals surface area contributed by atoms with E-state index in [1.54, 1.807) is 0 Å². The van der Waals surface area contributed by atoms with Crippen LogP contribution in [0, 0.1) is 5.82 Å². The Labute approximate surface area is 94.4 Å². The van der Waals surface area contributed by atoms with Crippen molar-refractivity contribution in [2.24, 2.45) is 0 Å². The van der Waals surface area contributed by atoms with Crippen molar-refractivity contribution in [3.63, 3.8) is 0 Å². The molecule has 7 heteroatoms. The Morgan fingerprint density at radius 1 is 1.50 bits per heavy atom. The predicted molar refractivity (Wildman–Crippen MR) is 57.4 cm³/mol. The number of rotatable bonds is 3. The Hall–Kier alpha value is -0.330. The number of hydrogen-bond donors (Lipinski definition) is 1. The fourth-order valence-corrected chi connectivity index (χ4v) is 1.85. The molecular weight excluding hydrogens is 297 g/mol. The van der Waals surface area contributed by atoms with Crippen molar-refractivity contribution in [2.45, 2.75) is 0 Å². The SMILES string of the molecule is O=S(=O)(CCl)Nc1ccc(F)c(Br)c1. The van der Waals surface area contributed by atoms with Gasteiger partial charge in [0, 0.05) is 5.69 Å². The van der Waals surface area contributed by atoms with Crippen LogP contribution in [0.2, 0.25) is 0 Å². The smallest absolute Gasteiger partial charge is 0.246 e. The Balaban J connectivity index is 2.94. The average Bonchev–Trinajstić information content (AvgIpc) is 2.11.